The standard InChI is InChI=1S/C16H18N2O2/c1-3-11-6-5-7-12(4-2)15(11)18-14-9-8-13(10-17-14)16(19)20/h5-10H,3-4H2,1-2H3,(H,17,18)(H,19,20). The zero-order valence-corrected chi connectivity index (χ0v) is 11.7. The molecule has 2 aromatic rings. The molecule has 0 amide bonds. The van der Waals surface area contributed by atoms with Crippen LogP contribution in [0.5, 0.6) is 0 Å². The van der Waals surface area contributed by atoms with E-state index >= 15 is 0 Å². The van der Waals surface area contributed by atoms with Crippen LogP contribution >= 0.6 is 0 Å². The zero-order valence-electron chi connectivity index (χ0n) is 11.7. The van der Waals surface area contributed by atoms with Gasteiger partial charge in [0.05, 0.1) is 5.56 Å². The number of para-hydroxylation sites is 1. The molecule has 0 saturated heterocycles. The second-order valence-electron chi connectivity index (χ2n) is 4.52. The number of carbonyl (C=O) groups is 1. The SMILES string of the molecule is CCc1cccc(CC)c1Nc1ccc(C(=O)O)cn1. The van der Waals surface area contributed by atoms with Gasteiger partial charge in [-0.25, -0.2) is 9.78 Å². The predicted molar refractivity (Wildman–Crippen MR) is 79.7 cm³/mol. The summed E-state index contributed by atoms with van der Waals surface area (Å²) in [5.74, 6) is -0.308. The quantitative estimate of drug-likeness (QED) is 0.870. The summed E-state index contributed by atoms with van der Waals surface area (Å²) in [7, 11) is 0. The summed E-state index contributed by atoms with van der Waals surface area (Å²) in [5, 5.41) is 12.2. The molecule has 1 aromatic carbocycles. The third-order valence-electron chi connectivity index (χ3n) is 3.26. The van der Waals surface area contributed by atoms with E-state index in [9.17, 15) is 4.79 Å². The third-order valence-corrected chi connectivity index (χ3v) is 3.26. The number of carboxylic acids is 1. The molecule has 4 heteroatoms. The molecule has 0 aliphatic rings. The molecule has 20 heavy (non-hydrogen) atoms. The minimum atomic E-state index is -0.966. The molecular formula is C16H18N2O2. The average Bonchev–Trinajstić information content (AvgIpc) is 2.48. The number of rotatable bonds is 5. The Kier molecular flexibility index (Phi) is 4.35. The number of pyridine rings is 1. The minimum absolute atomic E-state index is 0.190. The Balaban J connectivity index is 2.31. The first-order valence-electron chi connectivity index (χ1n) is 6.72. The molecule has 104 valence electrons. The second kappa shape index (κ2) is 6.19. The molecule has 0 atom stereocenters. The van der Waals surface area contributed by atoms with Crippen LogP contribution in [0.3, 0.4) is 0 Å². The molecule has 1 heterocycles. The highest BCUT2D eigenvalue weighted by molar-refractivity contribution is 5.87. The summed E-state index contributed by atoms with van der Waals surface area (Å²) in [6.45, 7) is 4.22. The molecule has 2 rings (SSSR count). The Labute approximate surface area is 118 Å². The molecule has 4 nitrogen and oxygen atoms in total. The van der Waals surface area contributed by atoms with E-state index in [2.05, 4.69) is 42.3 Å². The van der Waals surface area contributed by atoms with Crippen molar-refractivity contribution in [3.8, 4) is 0 Å². The fourth-order valence-electron chi connectivity index (χ4n) is 2.13. The number of benzene rings is 1. The summed E-state index contributed by atoms with van der Waals surface area (Å²) in [6.07, 6.45) is 3.23. The lowest BCUT2D eigenvalue weighted by Gasteiger charge is -2.14. The van der Waals surface area contributed by atoms with Gasteiger partial charge in [-0.05, 0) is 36.1 Å². The van der Waals surface area contributed by atoms with Gasteiger partial charge in [0, 0.05) is 11.9 Å². The van der Waals surface area contributed by atoms with Gasteiger partial charge in [0.25, 0.3) is 0 Å². The second-order valence-corrected chi connectivity index (χ2v) is 4.52. The molecule has 0 fully saturated rings. The molecule has 0 radical (unpaired) electrons. The van der Waals surface area contributed by atoms with Crippen LogP contribution in [0.15, 0.2) is 36.5 Å². The van der Waals surface area contributed by atoms with Gasteiger partial charge in [-0.3, -0.25) is 0 Å². The lowest BCUT2D eigenvalue weighted by atomic mass is 10.0. The molecule has 0 aliphatic carbocycles. The van der Waals surface area contributed by atoms with E-state index < -0.39 is 5.97 Å². The Morgan fingerprint density at radius 1 is 1.15 bits per heavy atom. The van der Waals surface area contributed by atoms with E-state index in [1.54, 1.807) is 12.1 Å². The number of aromatic carboxylic acids is 1. The Morgan fingerprint density at radius 3 is 2.25 bits per heavy atom. The Morgan fingerprint density at radius 2 is 1.80 bits per heavy atom. The van der Waals surface area contributed by atoms with E-state index in [1.165, 1.54) is 17.3 Å². The lowest BCUT2D eigenvalue weighted by Crippen LogP contribution is -2.03. The molecular weight excluding hydrogens is 252 g/mol. The first kappa shape index (κ1) is 14.1. The van der Waals surface area contributed by atoms with Crippen LogP contribution in [0.25, 0.3) is 0 Å². The van der Waals surface area contributed by atoms with Gasteiger partial charge in [0.2, 0.25) is 0 Å². The summed E-state index contributed by atoms with van der Waals surface area (Å²) < 4.78 is 0. The summed E-state index contributed by atoms with van der Waals surface area (Å²) in [5.41, 5.74) is 3.73. The van der Waals surface area contributed by atoms with Gasteiger partial charge in [-0.2, -0.15) is 0 Å². The highest BCUT2D eigenvalue weighted by Crippen LogP contribution is 2.25. The Bertz CT molecular complexity index is 584. The summed E-state index contributed by atoms with van der Waals surface area (Å²) in [4.78, 5) is 15.0. The van der Waals surface area contributed by atoms with Crippen molar-refractivity contribution in [3.63, 3.8) is 0 Å². The van der Waals surface area contributed by atoms with Crippen LogP contribution in [0.4, 0.5) is 11.5 Å². The normalized spacial score (nSPS) is 10.3. The van der Waals surface area contributed by atoms with Gasteiger partial charge in [-0.1, -0.05) is 32.0 Å². The maximum atomic E-state index is 10.8. The average molecular weight is 270 g/mol. The van der Waals surface area contributed by atoms with E-state index in [4.69, 9.17) is 5.11 Å². The van der Waals surface area contributed by atoms with Crippen LogP contribution < -0.4 is 5.32 Å². The number of anilines is 2. The van der Waals surface area contributed by atoms with Crippen molar-refractivity contribution in [2.24, 2.45) is 0 Å². The van der Waals surface area contributed by atoms with Gasteiger partial charge in [0.1, 0.15) is 5.82 Å². The van der Waals surface area contributed by atoms with Crippen LogP contribution in [0.2, 0.25) is 0 Å². The van der Waals surface area contributed by atoms with Crippen molar-refractivity contribution in [2.45, 2.75) is 26.7 Å². The number of aryl methyl sites for hydroxylation is 2. The first-order chi connectivity index (χ1) is 9.65. The van der Waals surface area contributed by atoms with E-state index in [0.29, 0.717) is 5.82 Å². The Hall–Kier alpha value is -2.36. The summed E-state index contributed by atoms with van der Waals surface area (Å²) >= 11 is 0. The highest BCUT2D eigenvalue weighted by atomic mass is 16.4. The van der Waals surface area contributed by atoms with E-state index in [-0.39, 0.29) is 5.56 Å². The van der Waals surface area contributed by atoms with Gasteiger partial charge in [-0.15, -0.1) is 0 Å². The highest BCUT2D eigenvalue weighted by Gasteiger charge is 2.08. The predicted octanol–water partition coefficient (Wildman–Crippen LogP) is 3.65. The van der Waals surface area contributed by atoms with Crippen molar-refractivity contribution < 1.29 is 9.90 Å². The smallest absolute Gasteiger partial charge is 0.337 e. The van der Waals surface area contributed by atoms with Gasteiger partial charge >= 0.3 is 5.97 Å². The molecule has 2 N–H and O–H groups in total. The van der Waals surface area contributed by atoms with Gasteiger partial charge < -0.3 is 10.4 Å². The molecule has 0 saturated carbocycles. The number of nitrogens with zero attached hydrogens (tertiary/aromatic N) is 1. The van der Waals surface area contributed by atoms with Crippen LogP contribution in [0.1, 0.15) is 35.3 Å². The molecule has 0 aliphatic heterocycles. The number of carboxylic acid groups (broad SMARTS) is 1. The van der Waals surface area contributed by atoms with Crippen molar-refractivity contribution >= 4 is 17.5 Å². The van der Waals surface area contributed by atoms with E-state index in [0.717, 1.165) is 18.5 Å². The molecule has 1 aromatic heterocycles. The number of aromatic nitrogens is 1. The first-order valence-corrected chi connectivity index (χ1v) is 6.72. The van der Waals surface area contributed by atoms with Crippen molar-refractivity contribution in [1.29, 1.82) is 0 Å². The topological polar surface area (TPSA) is 62.2 Å². The van der Waals surface area contributed by atoms with Gasteiger partial charge in [0.15, 0.2) is 0 Å². The maximum absolute atomic E-state index is 10.8. The van der Waals surface area contributed by atoms with Crippen LogP contribution in [0, 0.1) is 0 Å². The fraction of sp³-hybridized carbons (Fsp3) is 0.250. The zero-order chi connectivity index (χ0) is 14.5. The monoisotopic (exact) mass is 270 g/mol. The largest absolute Gasteiger partial charge is 0.478 e. The van der Waals surface area contributed by atoms with Crippen LogP contribution in [-0.4, -0.2) is 16.1 Å². The molecule has 0 spiro atoms. The van der Waals surface area contributed by atoms with Crippen molar-refractivity contribution in [2.75, 3.05) is 5.32 Å². The lowest BCUT2D eigenvalue weighted by molar-refractivity contribution is 0.0696. The number of hydrogen-bond donors (Lipinski definition) is 2. The minimum Gasteiger partial charge on any atom is -0.478 e. The molecule has 0 bridgehead atoms. The maximum Gasteiger partial charge on any atom is 0.337 e. The summed E-state index contributed by atoms with van der Waals surface area (Å²) in [6, 6.07) is 9.48. The van der Waals surface area contributed by atoms with Crippen molar-refractivity contribution in [3.05, 3.63) is 53.2 Å². The third kappa shape index (κ3) is 2.96. The van der Waals surface area contributed by atoms with Crippen LogP contribution in [-0.2, 0) is 12.8 Å². The molecule has 0 unspecified atom stereocenters. The van der Waals surface area contributed by atoms with Crippen molar-refractivity contribution in [1.82, 2.24) is 4.98 Å². The van der Waals surface area contributed by atoms with E-state index in [1.807, 2.05) is 0 Å². The number of nitrogens with one attached hydrogen (secondary N) is 1. The fourth-order valence-corrected chi connectivity index (χ4v) is 2.13. The number of hydrogen-bond acceptors (Lipinski definition) is 3.